The normalized spacial score (nSPS) is 14.1. The number of methoxy groups -OCH3 is 1. The van der Waals surface area contributed by atoms with Crippen molar-refractivity contribution in [3.05, 3.63) is 80.8 Å². The van der Waals surface area contributed by atoms with Crippen molar-refractivity contribution in [2.24, 2.45) is 0 Å². The van der Waals surface area contributed by atoms with Crippen LogP contribution in [-0.2, 0) is 13.0 Å². The number of aromatic hydroxyl groups is 1. The zero-order valence-corrected chi connectivity index (χ0v) is 21.9. The number of hydrogen-bond acceptors (Lipinski definition) is 5. The number of unbranched alkanes of at least 4 members (excludes halogenated alkanes) is 1. The van der Waals surface area contributed by atoms with Crippen molar-refractivity contribution in [3.63, 3.8) is 0 Å². The SMILES string of the molecule is CCCCc1[nH]c(=O)c(C(=O)N2CCN(Cc3cc(F)ccc3F)CC2)c(O)c1-c1c(C)cccc1OC. The number of H-pyrrole nitrogens is 1. The number of halogens is 2. The Morgan fingerprint density at radius 3 is 2.53 bits per heavy atom. The first-order valence-corrected chi connectivity index (χ1v) is 12.8. The maximum atomic E-state index is 14.1. The Hall–Kier alpha value is -3.72. The molecule has 1 aromatic heterocycles. The van der Waals surface area contributed by atoms with Crippen LogP contribution < -0.4 is 10.3 Å². The van der Waals surface area contributed by atoms with Crippen molar-refractivity contribution in [3.8, 4) is 22.6 Å². The third-order valence-electron chi connectivity index (χ3n) is 7.03. The van der Waals surface area contributed by atoms with Gasteiger partial charge >= 0.3 is 0 Å². The number of aryl methyl sites for hydroxylation is 2. The van der Waals surface area contributed by atoms with Crippen molar-refractivity contribution in [1.29, 1.82) is 0 Å². The molecule has 1 saturated heterocycles. The lowest BCUT2D eigenvalue weighted by Gasteiger charge is -2.35. The van der Waals surface area contributed by atoms with Gasteiger partial charge in [-0.05, 0) is 49.6 Å². The number of benzene rings is 2. The zero-order chi connectivity index (χ0) is 27.4. The topological polar surface area (TPSA) is 85.9 Å². The van der Waals surface area contributed by atoms with Crippen LogP contribution in [0.5, 0.6) is 11.5 Å². The van der Waals surface area contributed by atoms with Gasteiger partial charge in [-0.3, -0.25) is 14.5 Å². The Bertz CT molecular complexity index is 1380. The second-order valence-corrected chi connectivity index (χ2v) is 9.59. The maximum absolute atomic E-state index is 14.1. The second kappa shape index (κ2) is 11.8. The second-order valence-electron chi connectivity index (χ2n) is 9.59. The predicted molar refractivity (Wildman–Crippen MR) is 142 cm³/mol. The average Bonchev–Trinajstić information content (AvgIpc) is 2.90. The van der Waals surface area contributed by atoms with Gasteiger partial charge in [-0.25, -0.2) is 8.78 Å². The quantitative estimate of drug-likeness (QED) is 0.448. The van der Waals surface area contributed by atoms with E-state index in [2.05, 4.69) is 4.98 Å². The monoisotopic (exact) mass is 525 g/mol. The molecule has 38 heavy (non-hydrogen) atoms. The molecular formula is C29H33F2N3O4. The number of pyridine rings is 1. The van der Waals surface area contributed by atoms with E-state index in [1.54, 1.807) is 6.07 Å². The van der Waals surface area contributed by atoms with E-state index in [9.17, 15) is 23.5 Å². The van der Waals surface area contributed by atoms with Gasteiger partial charge in [0.25, 0.3) is 11.5 Å². The van der Waals surface area contributed by atoms with E-state index in [0.29, 0.717) is 42.1 Å². The third kappa shape index (κ3) is 5.57. The van der Waals surface area contributed by atoms with E-state index >= 15 is 0 Å². The zero-order valence-electron chi connectivity index (χ0n) is 21.9. The molecule has 0 radical (unpaired) electrons. The van der Waals surface area contributed by atoms with Crippen molar-refractivity contribution in [2.75, 3.05) is 33.3 Å². The summed E-state index contributed by atoms with van der Waals surface area (Å²) >= 11 is 0. The van der Waals surface area contributed by atoms with Crippen molar-refractivity contribution in [2.45, 2.75) is 39.7 Å². The highest BCUT2D eigenvalue weighted by molar-refractivity contribution is 5.99. The number of nitrogens with one attached hydrogen (secondary N) is 1. The van der Waals surface area contributed by atoms with Crippen LogP contribution in [0.2, 0.25) is 0 Å². The molecule has 0 aliphatic carbocycles. The smallest absolute Gasteiger partial charge is 0.264 e. The predicted octanol–water partition coefficient (Wildman–Crippen LogP) is 4.64. The van der Waals surface area contributed by atoms with E-state index in [1.165, 1.54) is 18.1 Å². The number of aromatic nitrogens is 1. The van der Waals surface area contributed by atoms with Crippen LogP contribution in [0.4, 0.5) is 8.78 Å². The van der Waals surface area contributed by atoms with Crippen LogP contribution in [0.15, 0.2) is 41.2 Å². The van der Waals surface area contributed by atoms with Crippen molar-refractivity contribution >= 4 is 5.91 Å². The summed E-state index contributed by atoms with van der Waals surface area (Å²) in [5.74, 6) is -1.39. The molecule has 2 N–H and O–H groups in total. The van der Waals surface area contributed by atoms with Gasteiger partial charge in [-0.2, -0.15) is 0 Å². The summed E-state index contributed by atoms with van der Waals surface area (Å²) in [6, 6.07) is 8.85. The lowest BCUT2D eigenvalue weighted by atomic mass is 9.93. The lowest BCUT2D eigenvalue weighted by molar-refractivity contribution is 0.0622. The van der Waals surface area contributed by atoms with E-state index < -0.39 is 23.1 Å². The Labute approximate surface area is 220 Å². The summed E-state index contributed by atoms with van der Waals surface area (Å²) < 4.78 is 33.2. The molecule has 3 aromatic rings. The van der Waals surface area contributed by atoms with Gasteiger partial charge in [-0.15, -0.1) is 0 Å². The molecule has 1 aliphatic heterocycles. The van der Waals surface area contributed by atoms with Crippen LogP contribution >= 0.6 is 0 Å². The fraction of sp³-hybridized carbons (Fsp3) is 0.379. The number of nitrogens with zero attached hydrogens (tertiary/aromatic N) is 2. The third-order valence-corrected chi connectivity index (χ3v) is 7.03. The van der Waals surface area contributed by atoms with E-state index in [-0.39, 0.29) is 36.5 Å². The summed E-state index contributed by atoms with van der Waals surface area (Å²) in [5, 5.41) is 11.4. The molecule has 2 aromatic carbocycles. The first kappa shape index (κ1) is 27.3. The standard InChI is InChI=1S/C29H33F2N3O4/c1-4-5-8-22-25(24-18(2)7-6-9-23(24)38-3)27(35)26(28(36)32-22)29(37)34-14-12-33(13-15-34)17-19-16-20(30)10-11-21(19)31/h6-7,9-11,16H,4-5,8,12-15,17H2,1-3H3,(H2,32,35,36). The van der Waals surface area contributed by atoms with Gasteiger partial charge in [0.15, 0.2) is 0 Å². The number of hydrogen-bond donors (Lipinski definition) is 2. The van der Waals surface area contributed by atoms with E-state index in [0.717, 1.165) is 30.5 Å². The minimum atomic E-state index is -0.640. The summed E-state index contributed by atoms with van der Waals surface area (Å²) in [7, 11) is 1.54. The molecule has 202 valence electrons. The summed E-state index contributed by atoms with van der Waals surface area (Å²) in [4.78, 5) is 33.0. The Morgan fingerprint density at radius 2 is 1.84 bits per heavy atom. The summed E-state index contributed by atoms with van der Waals surface area (Å²) in [6.45, 7) is 5.49. The molecule has 4 rings (SSSR count). The van der Waals surface area contributed by atoms with Crippen LogP contribution in [0, 0.1) is 18.6 Å². The van der Waals surface area contributed by atoms with Gasteiger partial charge in [-0.1, -0.05) is 25.5 Å². The highest BCUT2D eigenvalue weighted by Crippen LogP contribution is 2.41. The van der Waals surface area contributed by atoms with Crippen LogP contribution in [0.3, 0.4) is 0 Å². The van der Waals surface area contributed by atoms with Gasteiger partial charge in [0.1, 0.15) is 28.7 Å². The highest BCUT2D eigenvalue weighted by Gasteiger charge is 2.30. The Kier molecular flexibility index (Phi) is 8.46. The number of carbonyl (C=O) groups excluding carboxylic acids is 1. The molecule has 0 saturated carbocycles. The fourth-order valence-corrected chi connectivity index (χ4v) is 4.95. The van der Waals surface area contributed by atoms with Crippen LogP contribution in [0.25, 0.3) is 11.1 Å². The molecule has 0 atom stereocenters. The molecule has 0 spiro atoms. The Morgan fingerprint density at radius 1 is 1.11 bits per heavy atom. The van der Waals surface area contributed by atoms with Crippen molar-refractivity contribution in [1.82, 2.24) is 14.8 Å². The minimum absolute atomic E-state index is 0.209. The molecule has 7 nitrogen and oxygen atoms in total. The first-order chi connectivity index (χ1) is 18.2. The molecular weight excluding hydrogens is 492 g/mol. The molecule has 0 bridgehead atoms. The van der Waals surface area contributed by atoms with E-state index in [1.807, 2.05) is 30.9 Å². The lowest BCUT2D eigenvalue weighted by Crippen LogP contribution is -2.49. The molecule has 2 heterocycles. The molecule has 1 aliphatic rings. The summed E-state index contributed by atoms with van der Waals surface area (Å²) in [6.07, 6.45) is 2.20. The number of piperazine rings is 1. The number of amides is 1. The van der Waals surface area contributed by atoms with Gasteiger partial charge in [0.2, 0.25) is 0 Å². The molecule has 0 unspecified atom stereocenters. The molecule has 1 amide bonds. The van der Waals surface area contributed by atoms with Gasteiger partial charge < -0.3 is 19.7 Å². The number of rotatable bonds is 8. The first-order valence-electron chi connectivity index (χ1n) is 12.8. The Balaban J connectivity index is 1.63. The number of aromatic amines is 1. The van der Waals surface area contributed by atoms with E-state index in [4.69, 9.17) is 4.74 Å². The van der Waals surface area contributed by atoms with Crippen molar-refractivity contribution < 1.29 is 23.4 Å². The van der Waals surface area contributed by atoms with Crippen LogP contribution in [-0.4, -0.2) is 59.1 Å². The minimum Gasteiger partial charge on any atom is -0.506 e. The largest absolute Gasteiger partial charge is 0.506 e. The number of carbonyl (C=O) groups is 1. The summed E-state index contributed by atoms with van der Waals surface area (Å²) in [5.41, 5.74) is 1.72. The van der Waals surface area contributed by atoms with Gasteiger partial charge in [0.05, 0.1) is 7.11 Å². The van der Waals surface area contributed by atoms with Crippen LogP contribution in [0.1, 0.15) is 46.9 Å². The molecule has 9 heteroatoms. The van der Waals surface area contributed by atoms with Gasteiger partial charge in [0, 0.05) is 55.1 Å². The average molecular weight is 526 g/mol. The molecule has 1 fully saturated rings. The highest BCUT2D eigenvalue weighted by atomic mass is 19.1. The fourth-order valence-electron chi connectivity index (χ4n) is 4.95. The maximum Gasteiger partial charge on any atom is 0.264 e. The number of ether oxygens (including phenoxy) is 1.